The van der Waals surface area contributed by atoms with Crippen molar-refractivity contribution in [3.05, 3.63) is 291 Å². The molecule has 2 spiro atoms. The van der Waals surface area contributed by atoms with E-state index in [1.54, 1.807) is 0 Å². The van der Waals surface area contributed by atoms with Crippen LogP contribution in [0.5, 0.6) is 0 Å². The smallest absolute Gasteiger partial charge is 0.0720 e. The average molecular weight is 880 g/mol. The molecule has 0 N–H and O–H groups in total. The first-order chi connectivity index (χ1) is 33.7. The van der Waals surface area contributed by atoms with Gasteiger partial charge < -0.3 is 4.90 Å². The van der Waals surface area contributed by atoms with E-state index < -0.39 is 10.8 Å². The monoisotopic (exact) mass is 879 g/mol. The molecule has 0 saturated carbocycles. The molecule has 0 unspecified atom stereocenters. The number of hydrogen-bond donors (Lipinski definition) is 0. The summed E-state index contributed by atoms with van der Waals surface area (Å²) in [6.45, 7) is 9.57. The normalized spacial score (nSPS) is 16.3. The second-order valence-electron chi connectivity index (χ2n) is 21.1. The highest BCUT2D eigenvalue weighted by Gasteiger charge is 2.59. The molecule has 0 aromatic heterocycles. The molecule has 15 rings (SSSR count). The van der Waals surface area contributed by atoms with Crippen molar-refractivity contribution >= 4 is 17.1 Å². The Balaban J connectivity index is 1.01. The van der Waals surface area contributed by atoms with Gasteiger partial charge in [-0.2, -0.15) is 0 Å². The highest BCUT2D eigenvalue weighted by atomic mass is 15.1. The van der Waals surface area contributed by atoms with Crippen LogP contribution < -0.4 is 4.90 Å². The number of rotatable bonds is 3. The number of nitrogens with zero attached hydrogens (tertiary/aromatic N) is 1. The maximum absolute atomic E-state index is 2.57. The predicted octanol–water partition coefficient (Wildman–Crippen LogP) is 16.8. The van der Waals surface area contributed by atoms with E-state index in [1.165, 1.54) is 111 Å². The van der Waals surface area contributed by atoms with Crippen LogP contribution in [0, 0.1) is 0 Å². The first kappa shape index (κ1) is 39.0. The molecule has 10 aromatic rings. The summed E-state index contributed by atoms with van der Waals surface area (Å²) in [5.41, 5.74) is 28.9. The summed E-state index contributed by atoms with van der Waals surface area (Å²) in [5, 5.41) is 0. The van der Waals surface area contributed by atoms with Gasteiger partial charge in [-0.3, -0.25) is 0 Å². The van der Waals surface area contributed by atoms with Gasteiger partial charge >= 0.3 is 0 Å². The number of hydrogen-bond acceptors (Lipinski definition) is 1. The molecular weight excluding hydrogens is 831 g/mol. The molecule has 0 aliphatic heterocycles. The fourth-order valence-corrected chi connectivity index (χ4v) is 14.5. The molecule has 0 radical (unpaired) electrons. The summed E-state index contributed by atoms with van der Waals surface area (Å²) in [7, 11) is 0. The molecule has 0 atom stereocenters. The van der Waals surface area contributed by atoms with Gasteiger partial charge in [0.15, 0.2) is 0 Å². The summed E-state index contributed by atoms with van der Waals surface area (Å²) in [5.74, 6) is 0. The van der Waals surface area contributed by atoms with E-state index in [4.69, 9.17) is 0 Å². The van der Waals surface area contributed by atoms with E-state index in [0.717, 1.165) is 17.1 Å². The lowest BCUT2D eigenvalue weighted by molar-refractivity contribution is 0.633. The van der Waals surface area contributed by atoms with E-state index in [0.29, 0.717) is 0 Å². The van der Waals surface area contributed by atoms with Crippen molar-refractivity contribution in [3.8, 4) is 44.5 Å². The fourth-order valence-electron chi connectivity index (χ4n) is 14.5. The Morgan fingerprint density at radius 1 is 0.217 bits per heavy atom. The topological polar surface area (TPSA) is 3.24 Å². The molecule has 69 heavy (non-hydrogen) atoms. The number of benzene rings is 10. The molecule has 1 nitrogen and oxygen atoms in total. The summed E-state index contributed by atoms with van der Waals surface area (Å²) in [6, 6.07) is 86.3. The van der Waals surface area contributed by atoms with Crippen LogP contribution in [0.1, 0.15) is 94.5 Å². The fraction of sp³-hybridized carbons (Fsp3) is 0.118. The van der Waals surface area contributed by atoms with Crippen LogP contribution in [0.15, 0.2) is 224 Å². The van der Waals surface area contributed by atoms with Crippen LogP contribution in [-0.2, 0) is 21.7 Å². The van der Waals surface area contributed by atoms with Crippen molar-refractivity contribution < 1.29 is 0 Å². The minimum atomic E-state index is -0.596. The number of anilines is 3. The van der Waals surface area contributed by atoms with Crippen molar-refractivity contribution in [3.63, 3.8) is 0 Å². The van der Waals surface area contributed by atoms with E-state index in [9.17, 15) is 0 Å². The first-order valence-corrected chi connectivity index (χ1v) is 24.7. The van der Waals surface area contributed by atoms with E-state index in [-0.39, 0.29) is 10.8 Å². The van der Waals surface area contributed by atoms with Gasteiger partial charge in [0.05, 0.1) is 10.8 Å². The lowest BCUT2D eigenvalue weighted by Gasteiger charge is -2.49. The lowest BCUT2D eigenvalue weighted by Crippen LogP contribution is -2.43. The number of fused-ring (bicyclic) bond motifs is 22. The zero-order chi connectivity index (χ0) is 46.0. The van der Waals surface area contributed by atoms with Gasteiger partial charge in [-0.05, 0) is 148 Å². The molecular formula is C68H49N. The zero-order valence-electron chi connectivity index (χ0n) is 39.3. The molecule has 5 aliphatic carbocycles. The molecule has 0 heterocycles. The second kappa shape index (κ2) is 13.4. The van der Waals surface area contributed by atoms with Crippen LogP contribution in [-0.4, -0.2) is 0 Å². The van der Waals surface area contributed by atoms with Crippen molar-refractivity contribution in [2.75, 3.05) is 4.90 Å². The van der Waals surface area contributed by atoms with Gasteiger partial charge in [0.25, 0.3) is 0 Å². The van der Waals surface area contributed by atoms with Crippen molar-refractivity contribution in [1.29, 1.82) is 0 Å². The third-order valence-corrected chi connectivity index (χ3v) is 17.4. The summed E-state index contributed by atoms with van der Waals surface area (Å²) < 4.78 is 0. The Kier molecular flexibility index (Phi) is 7.56. The predicted molar refractivity (Wildman–Crippen MR) is 284 cm³/mol. The Morgan fingerprint density at radius 3 is 0.797 bits per heavy atom. The van der Waals surface area contributed by atoms with Crippen LogP contribution in [0.4, 0.5) is 17.1 Å². The highest BCUT2D eigenvalue weighted by molar-refractivity contribution is 5.96. The minimum Gasteiger partial charge on any atom is -0.310 e. The van der Waals surface area contributed by atoms with Crippen molar-refractivity contribution in [2.45, 2.75) is 49.4 Å². The maximum Gasteiger partial charge on any atom is 0.0720 e. The van der Waals surface area contributed by atoms with Gasteiger partial charge in [-0.1, -0.05) is 216 Å². The van der Waals surface area contributed by atoms with Crippen LogP contribution in [0.2, 0.25) is 0 Å². The van der Waals surface area contributed by atoms with Gasteiger partial charge in [-0.25, -0.2) is 0 Å². The van der Waals surface area contributed by atoms with Crippen LogP contribution in [0.25, 0.3) is 44.5 Å². The highest BCUT2D eigenvalue weighted by Crippen LogP contribution is 2.68. The molecule has 0 fully saturated rings. The molecule has 5 aliphatic rings. The second-order valence-corrected chi connectivity index (χ2v) is 21.1. The largest absolute Gasteiger partial charge is 0.310 e. The SMILES string of the molecule is CC1(C)c2ccccc2-c2ccc(N(c3ccc4c(c3)C(C)(C)c3ccccc3-4)c3ccc4c(c3)C3(c5ccccc5-4)c4ccccc4C4(c5ccccc5-c5ccccc54)c4ccccc43)cc21. The lowest BCUT2D eigenvalue weighted by atomic mass is 9.52. The molecule has 0 saturated heterocycles. The Hall–Kier alpha value is -8.00. The average Bonchev–Trinajstić information content (AvgIpc) is 4.02. The van der Waals surface area contributed by atoms with Gasteiger partial charge in [-0.15, -0.1) is 0 Å². The van der Waals surface area contributed by atoms with Gasteiger partial charge in [0.2, 0.25) is 0 Å². The summed E-state index contributed by atoms with van der Waals surface area (Å²) in [4.78, 5) is 2.56. The van der Waals surface area contributed by atoms with Crippen molar-refractivity contribution in [2.24, 2.45) is 0 Å². The van der Waals surface area contributed by atoms with E-state index >= 15 is 0 Å². The van der Waals surface area contributed by atoms with Crippen LogP contribution in [0.3, 0.4) is 0 Å². The molecule has 326 valence electrons. The van der Waals surface area contributed by atoms with Crippen LogP contribution >= 0.6 is 0 Å². The minimum absolute atomic E-state index is 0.151. The van der Waals surface area contributed by atoms with E-state index in [1.807, 2.05) is 0 Å². The third kappa shape index (κ3) is 4.67. The summed E-state index contributed by atoms with van der Waals surface area (Å²) in [6.07, 6.45) is 0. The first-order valence-electron chi connectivity index (χ1n) is 24.7. The maximum atomic E-state index is 2.57. The standard InChI is InChI=1S/C68H49N/c1-65(2)53-24-10-5-19-45(53)50-36-33-42(39-62(50)65)69(43-34-37-51-46-20-6-11-25-54(46)66(3,4)63(51)40-43)44-35-38-52-49-23-9-14-28-57(49)68(64(52)41-44)60-31-17-15-29-58(60)67(59-30-16-18-32-61(59)68)55-26-12-7-21-47(55)48-22-8-13-27-56(48)67/h5-41H,1-4H3. The molecule has 0 amide bonds. The summed E-state index contributed by atoms with van der Waals surface area (Å²) >= 11 is 0. The Bertz CT molecular complexity index is 3680. The zero-order valence-corrected chi connectivity index (χ0v) is 39.3. The third-order valence-electron chi connectivity index (χ3n) is 17.4. The van der Waals surface area contributed by atoms with E-state index in [2.05, 4.69) is 257 Å². The molecule has 0 bridgehead atoms. The molecule has 1 heteroatoms. The van der Waals surface area contributed by atoms with Crippen molar-refractivity contribution in [1.82, 2.24) is 0 Å². The van der Waals surface area contributed by atoms with Gasteiger partial charge in [0, 0.05) is 27.9 Å². The quantitative estimate of drug-likeness (QED) is 0.171. The Morgan fingerprint density at radius 2 is 0.449 bits per heavy atom. The van der Waals surface area contributed by atoms with Gasteiger partial charge in [0.1, 0.15) is 0 Å². The Labute approximate surface area is 405 Å². The molecule has 10 aromatic carbocycles.